The van der Waals surface area contributed by atoms with Crippen LogP contribution in [-0.2, 0) is 4.79 Å². The zero-order valence-corrected chi connectivity index (χ0v) is 13.3. The van der Waals surface area contributed by atoms with Gasteiger partial charge in [-0.05, 0) is 44.9 Å². The van der Waals surface area contributed by atoms with Crippen LogP contribution in [0, 0.1) is 0 Å². The molecule has 0 aromatic heterocycles. The lowest BCUT2D eigenvalue weighted by Crippen LogP contribution is -2.38. The molecule has 0 bridgehead atoms. The van der Waals surface area contributed by atoms with Crippen LogP contribution < -0.4 is 4.74 Å². The van der Waals surface area contributed by atoms with Gasteiger partial charge >= 0.3 is 0 Å². The maximum absolute atomic E-state index is 12.2. The van der Waals surface area contributed by atoms with E-state index in [0.717, 1.165) is 30.4 Å². The third-order valence-corrected chi connectivity index (χ3v) is 3.88. The molecular weight excluding hydrogens is 322 g/mol. The maximum Gasteiger partial charge on any atom is 0.263 e. The van der Waals surface area contributed by atoms with Gasteiger partial charge in [0, 0.05) is 17.6 Å². The van der Waals surface area contributed by atoms with E-state index in [1.54, 1.807) is 25.1 Å². The van der Waals surface area contributed by atoms with Gasteiger partial charge in [0.1, 0.15) is 5.75 Å². The first-order valence-corrected chi connectivity index (χ1v) is 7.54. The van der Waals surface area contributed by atoms with E-state index in [2.05, 4.69) is 15.9 Å². The number of hydrogen-bond acceptors (Lipinski definition) is 3. The topological polar surface area (TPSA) is 46.6 Å². The molecule has 0 aliphatic carbocycles. The van der Waals surface area contributed by atoms with Crippen molar-refractivity contribution in [2.24, 2.45) is 0 Å². The molecule has 1 saturated heterocycles. The number of carbonyl (C=O) groups is 2. The number of ether oxygens (including phenoxy) is 1. The minimum atomic E-state index is -0.577. The number of hydrogen-bond donors (Lipinski definition) is 0. The lowest BCUT2D eigenvalue weighted by molar-refractivity contribution is -0.136. The zero-order valence-electron chi connectivity index (χ0n) is 11.7. The second-order valence-electron chi connectivity index (χ2n) is 4.99. The van der Waals surface area contributed by atoms with Crippen LogP contribution in [-0.4, -0.2) is 35.8 Å². The van der Waals surface area contributed by atoms with E-state index in [0.29, 0.717) is 11.3 Å². The second-order valence-corrected chi connectivity index (χ2v) is 5.90. The van der Waals surface area contributed by atoms with Crippen molar-refractivity contribution in [3.8, 4) is 5.75 Å². The highest BCUT2D eigenvalue weighted by Gasteiger charge is 2.25. The average Bonchev–Trinajstić information content (AvgIpc) is 2.93. The highest BCUT2D eigenvalue weighted by atomic mass is 79.9. The van der Waals surface area contributed by atoms with Crippen LogP contribution in [0.4, 0.5) is 0 Å². The van der Waals surface area contributed by atoms with Crippen molar-refractivity contribution in [1.82, 2.24) is 4.90 Å². The first-order valence-electron chi connectivity index (χ1n) is 6.75. The fraction of sp³-hybridized carbons (Fsp3) is 0.467. The van der Waals surface area contributed by atoms with Gasteiger partial charge in [-0.2, -0.15) is 0 Å². The largest absolute Gasteiger partial charge is 0.480 e. The number of Topliss-reactive ketones (excluding diaryl/α,β-unsaturated/α-hetero) is 1. The molecule has 0 spiro atoms. The molecule has 0 N–H and O–H groups in total. The predicted octanol–water partition coefficient (Wildman–Crippen LogP) is 3.04. The van der Waals surface area contributed by atoms with Crippen molar-refractivity contribution in [3.63, 3.8) is 0 Å². The van der Waals surface area contributed by atoms with Crippen LogP contribution in [0.2, 0.25) is 0 Å². The molecule has 1 unspecified atom stereocenters. The average molecular weight is 340 g/mol. The number of carbonyl (C=O) groups excluding carboxylic acids is 2. The minimum Gasteiger partial charge on any atom is -0.480 e. The predicted molar refractivity (Wildman–Crippen MR) is 80.1 cm³/mol. The molecule has 1 aliphatic heterocycles. The fourth-order valence-corrected chi connectivity index (χ4v) is 2.68. The van der Waals surface area contributed by atoms with Crippen molar-refractivity contribution in [2.75, 3.05) is 13.1 Å². The molecule has 20 heavy (non-hydrogen) atoms. The van der Waals surface area contributed by atoms with E-state index in [9.17, 15) is 9.59 Å². The Balaban J connectivity index is 2.12. The molecule has 1 aromatic rings. The van der Waals surface area contributed by atoms with Gasteiger partial charge in [-0.25, -0.2) is 0 Å². The Hall–Kier alpha value is -1.36. The highest BCUT2D eigenvalue weighted by molar-refractivity contribution is 9.10. The van der Waals surface area contributed by atoms with Crippen LogP contribution in [0.15, 0.2) is 22.7 Å². The quantitative estimate of drug-likeness (QED) is 0.792. The summed E-state index contributed by atoms with van der Waals surface area (Å²) in [6, 6.07) is 5.23. The number of amides is 1. The Morgan fingerprint density at radius 3 is 2.55 bits per heavy atom. The molecule has 5 heteroatoms. The minimum absolute atomic E-state index is 0.0140. The molecular formula is C15H18BrNO3. The monoisotopic (exact) mass is 339 g/mol. The molecule has 4 nitrogen and oxygen atoms in total. The highest BCUT2D eigenvalue weighted by Crippen LogP contribution is 2.25. The Morgan fingerprint density at radius 2 is 1.95 bits per heavy atom. The number of rotatable bonds is 4. The van der Waals surface area contributed by atoms with E-state index in [4.69, 9.17) is 4.74 Å². The summed E-state index contributed by atoms with van der Waals surface area (Å²) < 4.78 is 6.52. The summed E-state index contributed by atoms with van der Waals surface area (Å²) >= 11 is 3.33. The van der Waals surface area contributed by atoms with Crippen molar-refractivity contribution in [1.29, 1.82) is 0 Å². The van der Waals surface area contributed by atoms with Crippen molar-refractivity contribution < 1.29 is 14.3 Å². The maximum atomic E-state index is 12.2. The van der Waals surface area contributed by atoms with Crippen molar-refractivity contribution >= 4 is 27.6 Å². The first kappa shape index (κ1) is 15.0. The van der Waals surface area contributed by atoms with Gasteiger partial charge in [-0.15, -0.1) is 0 Å². The second kappa shape index (κ2) is 6.39. The summed E-state index contributed by atoms with van der Waals surface area (Å²) in [5.74, 6) is 0.364. The van der Waals surface area contributed by atoms with Crippen LogP contribution in [0.1, 0.15) is 37.0 Å². The lowest BCUT2D eigenvalue weighted by Gasteiger charge is -2.22. The molecule has 2 rings (SSSR count). The van der Waals surface area contributed by atoms with E-state index in [1.807, 2.05) is 4.90 Å². The van der Waals surface area contributed by atoms with E-state index >= 15 is 0 Å². The van der Waals surface area contributed by atoms with E-state index in [-0.39, 0.29) is 11.7 Å². The summed E-state index contributed by atoms with van der Waals surface area (Å²) in [4.78, 5) is 25.7. The van der Waals surface area contributed by atoms with Gasteiger partial charge in [0.05, 0.1) is 5.56 Å². The smallest absolute Gasteiger partial charge is 0.263 e. The van der Waals surface area contributed by atoms with Crippen LogP contribution in [0.25, 0.3) is 0 Å². The first-order chi connectivity index (χ1) is 9.49. The number of likely N-dealkylation sites (tertiary alicyclic amines) is 1. The summed E-state index contributed by atoms with van der Waals surface area (Å²) in [6.07, 6.45) is 1.53. The number of nitrogens with zero attached hydrogens (tertiary/aromatic N) is 1. The molecule has 108 valence electrons. The molecule has 1 heterocycles. The standard InChI is InChI=1S/C15H18BrNO3/c1-10(18)13-9-12(16)5-6-14(13)20-11(2)15(19)17-7-3-4-8-17/h5-6,9,11H,3-4,7-8H2,1-2H3. The number of halogens is 1. The van der Waals surface area contributed by atoms with Crippen LogP contribution >= 0.6 is 15.9 Å². The van der Waals surface area contributed by atoms with Crippen molar-refractivity contribution in [2.45, 2.75) is 32.8 Å². The third kappa shape index (κ3) is 3.39. The van der Waals surface area contributed by atoms with Gasteiger partial charge in [0.25, 0.3) is 5.91 Å². The van der Waals surface area contributed by atoms with E-state index in [1.165, 1.54) is 6.92 Å². The van der Waals surface area contributed by atoms with Gasteiger partial charge in [0.2, 0.25) is 0 Å². The molecule has 1 fully saturated rings. The molecule has 1 aliphatic rings. The third-order valence-electron chi connectivity index (χ3n) is 3.39. The Kier molecular flexibility index (Phi) is 4.81. The van der Waals surface area contributed by atoms with Gasteiger partial charge < -0.3 is 9.64 Å². The molecule has 0 saturated carbocycles. The number of benzene rings is 1. The Labute approximate surface area is 127 Å². The lowest BCUT2D eigenvalue weighted by atomic mass is 10.1. The summed E-state index contributed by atoms with van der Waals surface area (Å²) in [5.41, 5.74) is 0.487. The van der Waals surface area contributed by atoms with Crippen LogP contribution in [0.5, 0.6) is 5.75 Å². The summed E-state index contributed by atoms with van der Waals surface area (Å²) in [6.45, 7) is 4.81. The Morgan fingerprint density at radius 1 is 1.30 bits per heavy atom. The molecule has 1 amide bonds. The van der Waals surface area contributed by atoms with Gasteiger partial charge in [-0.3, -0.25) is 9.59 Å². The molecule has 1 aromatic carbocycles. The van der Waals surface area contributed by atoms with Gasteiger partial charge in [0.15, 0.2) is 11.9 Å². The summed E-state index contributed by atoms with van der Waals surface area (Å²) in [7, 11) is 0. The summed E-state index contributed by atoms with van der Waals surface area (Å²) in [5, 5.41) is 0. The zero-order chi connectivity index (χ0) is 14.7. The Bertz CT molecular complexity index is 524. The fourth-order valence-electron chi connectivity index (χ4n) is 2.32. The van der Waals surface area contributed by atoms with Gasteiger partial charge in [-0.1, -0.05) is 15.9 Å². The molecule has 1 atom stereocenters. The van der Waals surface area contributed by atoms with Crippen molar-refractivity contribution in [3.05, 3.63) is 28.2 Å². The van der Waals surface area contributed by atoms with Crippen LogP contribution in [0.3, 0.4) is 0 Å². The number of ketones is 1. The SMILES string of the molecule is CC(=O)c1cc(Br)ccc1OC(C)C(=O)N1CCCC1. The normalized spacial score (nSPS) is 16.1. The molecule has 0 radical (unpaired) electrons. The van der Waals surface area contributed by atoms with E-state index < -0.39 is 6.10 Å².